The van der Waals surface area contributed by atoms with E-state index < -0.39 is 5.91 Å². The minimum Gasteiger partial charge on any atom is -0.379 e. The third kappa shape index (κ3) is 3.60. The van der Waals surface area contributed by atoms with E-state index in [1.807, 2.05) is 11.4 Å². The lowest BCUT2D eigenvalue weighted by Crippen LogP contribution is -2.08. The van der Waals surface area contributed by atoms with E-state index in [1.54, 1.807) is 18.4 Å². The van der Waals surface area contributed by atoms with E-state index in [0.717, 1.165) is 10.4 Å². The van der Waals surface area contributed by atoms with Gasteiger partial charge in [-0.25, -0.2) is 0 Å². The summed E-state index contributed by atoms with van der Waals surface area (Å²) in [6, 6.07) is 1.95. The zero-order valence-electron chi connectivity index (χ0n) is 7.87. The highest BCUT2D eigenvalue weighted by atomic mass is 32.1. The van der Waals surface area contributed by atoms with Gasteiger partial charge >= 0.3 is 0 Å². The molecule has 0 saturated carbocycles. The van der Waals surface area contributed by atoms with E-state index in [0.29, 0.717) is 6.61 Å². The number of amides is 1. The summed E-state index contributed by atoms with van der Waals surface area (Å²) in [5.41, 5.74) is 5.86. The van der Waals surface area contributed by atoms with Crippen LogP contribution in [0.4, 0.5) is 0 Å². The van der Waals surface area contributed by atoms with Gasteiger partial charge in [-0.1, -0.05) is 11.8 Å². The Kier molecular flexibility index (Phi) is 4.17. The van der Waals surface area contributed by atoms with Crippen molar-refractivity contribution in [1.29, 1.82) is 0 Å². The molecule has 74 valence electrons. The van der Waals surface area contributed by atoms with Crippen molar-refractivity contribution >= 4 is 17.2 Å². The normalized spacial score (nSPS) is 9.21. The van der Waals surface area contributed by atoms with Crippen LogP contribution in [0.15, 0.2) is 11.4 Å². The fraction of sp³-hybridized carbons (Fsp3) is 0.300. The molecule has 2 N–H and O–H groups in total. The van der Waals surface area contributed by atoms with Crippen molar-refractivity contribution in [3.8, 4) is 11.8 Å². The lowest BCUT2D eigenvalue weighted by Gasteiger charge is -1.89. The number of thiophene rings is 1. The molecule has 1 amide bonds. The summed E-state index contributed by atoms with van der Waals surface area (Å²) in [5, 5.41) is 1.93. The number of rotatable bonds is 3. The molecule has 1 aromatic rings. The number of carbonyl (C=O) groups excluding carboxylic acids is 1. The van der Waals surface area contributed by atoms with Crippen LogP contribution in [0.1, 0.15) is 16.9 Å². The molecular formula is C10H11NO2S. The van der Waals surface area contributed by atoms with Crippen LogP contribution in [-0.2, 0) is 16.1 Å². The Morgan fingerprint density at radius 3 is 3.14 bits per heavy atom. The van der Waals surface area contributed by atoms with Crippen LogP contribution in [0.5, 0.6) is 0 Å². The Morgan fingerprint density at radius 2 is 2.50 bits per heavy atom. The van der Waals surface area contributed by atoms with Crippen LogP contribution in [0, 0.1) is 11.8 Å². The van der Waals surface area contributed by atoms with Crippen LogP contribution in [-0.4, -0.2) is 13.0 Å². The first-order valence-corrected chi connectivity index (χ1v) is 4.94. The first-order chi connectivity index (χ1) is 6.72. The van der Waals surface area contributed by atoms with Crippen LogP contribution in [0.2, 0.25) is 0 Å². The molecule has 0 aliphatic rings. The summed E-state index contributed by atoms with van der Waals surface area (Å²) in [4.78, 5) is 11.5. The largest absolute Gasteiger partial charge is 0.379 e. The van der Waals surface area contributed by atoms with Crippen LogP contribution in [0.3, 0.4) is 0 Å². The molecule has 1 rings (SSSR count). The molecule has 0 aliphatic heterocycles. The van der Waals surface area contributed by atoms with E-state index >= 15 is 0 Å². The Bertz CT molecular complexity index is 373. The number of carbonyl (C=O) groups is 1. The molecule has 1 heterocycles. The molecule has 0 unspecified atom stereocenters. The van der Waals surface area contributed by atoms with E-state index in [1.165, 1.54) is 0 Å². The topological polar surface area (TPSA) is 52.3 Å². The second-order valence-corrected chi connectivity index (χ2v) is 3.68. The second-order valence-electron chi connectivity index (χ2n) is 2.68. The van der Waals surface area contributed by atoms with E-state index in [9.17, 15) is 4.79 Å². The molecule has 0 bridgehead atoms. The van der Waals surface area contributed by atoms with Gasteiger partial charge in [-0.05, 0) is 6.07 Å². The number of ether oxygens (including phenoxy) is 1. The molecule has 4 heteroatoms. The zero-order valence-corrected chi connectivity index (χ0v) is 8.69. The molecule has 0 spiro atoms. The molecule has 0 radical (unpaired) electrons. The minimum absolute atomic E-state index is 0.107. The van der Waals surface area contributed by atoms with E-state index in [-0.39, 0.29) is 6.42 Å². The van der Waals surface area contributed by atoms with Crippen LogP contribution in [0.25, 0.3) is 0 Å². The maximum atomic E-state index is 10.4. The highest BCUT2D eigenvalue weighted by molar-refractivity contribution is 7.10. The van der Waals surface area contributed by atoms with Gasteiger partial charge in [0, 0.05) is 22.9 Å². The summed E-state index contributed by atoms with van der Waals surface area (Å²) in [5.74, 6) is 5.16. The van der Waals surface area contributed by atoms with Gasteiger partial charge in [-0.2, -0.15) is 0 Å². The Labute approximate surface area is 86.9 Å². The number of methoxy groups -OCH3 is 1. The Hall–Kier alpha value is -1.31. The van der Waals surface area contributed by atoms with Gasteiger partial charge in [0.05, 0.1) is 13.0 Å². The lowest BCUT2D eigenvalue weighted by atomic mass is 10.3. The van der Waals surface area contributed by atoms with Gasteiger partial charge < -0.3 is 10.5 Å². The second kappa shape index (κ2) is 5.43. The Morgan fingerprint density at radius 1 is 1.71 bits per heavy atom. The van der Waals surface area contributed by atoms with Gasteiger partial charge in [0.15, 0.2) is 0 Å². The minimum atomic E-state index is -0.398. The quantitative estimate of drug-likeness (QED) is 0.758. The van der Waals surface area contributed by atoms with Crippen LogP contribution >= 0.6 is 11.3 Å². The molecular weight excluding hydrogens is 198 g/mol. The first-order valence-electron chi connectivity index (χ1n) is 4.06. The third-order valence-corrected chi connectivity index (χ3v) is 2.35. The first kappa shape index (κ1) is 10.8. The predicted octanol–water partition coefficient (Wildman–Crippen LogP) is 1.12. The van der Waals surface area contributed by atoms with Crippen molar-refractivity contribution in [3.05, 3.63) is 21.9 Å². The fourth-order valence-corrected chi connectivity index (χ4v) is 1.68. The molecule has 1 aromatic heterocycles. The summed E-state index contributed by atoms with van der Waals surface area (Å²) in [6.07, 6.45) is 0.107. The number of hydrogen-bond donors (Lipinski definition) is 1. The van der Waals surface area contributed by atoms with Gasteiger partial charge in [-0.15, -0.1) is 11.3 Å². The smallest absolute Gasteiger partial charge is 0.229 e. The van der Waals surface area contributed by atoms with E-state index in [4.69, 9.17) is 10.5 Å². The highest BCUT2D eigenvalue weighted by Gasteiger charge is 1.96. The molecule has 14 heavy (non-hydrogen) atoms. The summed E-state index contributed by atoms with van der Waals surface area (Å²) < 4.78 is 4.97. The number of primary amides is 1. The Balaban J connectivity index is 2.57. The molecule has 0 fully saturated rings. The van der Waals surface area contributed by atoms with Crippen molar-refractivity contribution in [3.63, 3.8) is 0 Å². The third-order valence-electron chi connectivity index (χ3n) is 1.44. The lowest BCUT2D eigenvalue weighted by molar-refractivity contribution is -0.117. The monoisotopic (exact) mass is 209 g/mol. The summed E-state index contributed by atoms with van der Waals surface area (Å²) in [7, 11) is 1.65. The van der Waals surface area contributed by atoms with Crippen molar-refractivity contribution < 1.29 is 9.53 Å². The number of hydrogen-bond acceptors (Lipinski definition) is 3. The van der Waals surface area contributed by atoms with Gasteiger partial charge in [0.2, 0.25) is 5.91 Å². The molecule has 0 saturated heterocycles. The standard InChI is InChI=1S/C10H11NO2S/c1-13-6-9-5-8(7-14-9)3-2-4-10(11)12/h5,7H,4,6H2,1H3,(H2,11,12). The summed E-state index contributed by atoms with van der Waals surface area (Å²) >= 11 is 1.59. The van der Waals surface area contributed by atoms with Crippen molar-refractivity contribution in [2.75, 3.05) is 7.11 Å². The molecule has 0 atom stereocenters. The van der Waals surface area contributed by atoms with Crippen molar-refractivity contribution in [2.24, 2.45) is 5.73 Å². The zero-order chi connectivity index (χ0) is 10.4. The van der Waals surface area contributed by atoms with Crippen molar-refractivity contribution in [1.82, 2.24) is 0 Å². The number of nitrogens with two attached hydrogens (primary N) is 1. The molecule has 0 aromatic carbocycles. The van der Waals surface area contributed by atoms with E-state index in [2.05, 4.69) is 11.8 Å². The summed E-state index contributed by atoms with van der Waals surface area (Å²) in [6.45, 7) is 0.599. The predicted molar refractivity (Wildman–Crippen MR) is 55.7 cm³/mol. The maximum Gasteiger partial charge on any atom is 0.229 e. The van der Waals surface area contributed by atoms with Crippen LogP contribution < -0.4 is 5.73 Å². The highest BCUT2D eigenvalue weighted by Crippen LogP contribution is 2.14. The average Bonchev–Trinajstić information content (AvgIpc) is 2.53. The van der Waals surface area contributed by atoms with Gasteiger partial charge in [0.1, 0.15) is 0 Å². The maximum absolute atomic E-state index is 10.4. The molecule has 0 aliphatic carbocycles. The van der Waals surface area contributed by atoms with Gasteiger partial charge in [-0.3, -0.25) is 4.79 Å². The SMILES string of the molecule is COCc1cc(C#CCC(N)=O)cs1. The fourth-order valence-electron chi connectivity index (χ4n) is 0.898. The van der Waals surface area contributed by atoms with Crippen molar-refractivity contribution in [2.45, 2.75) is 13.0 Å². The average molecular weight is 209 g/mol. The van der Waals surface area contributed by atoms with Gasteiger partial charge in [0.25, 0.3) is 0 Å². The molecule has 3 nitrogen and oxygen atoms in total.